The van der Waals surface area contributed by atoms with E-state index < -0.39 is 0 Å². The molecule has 0 saturated carbocycles. The second-order valence-corrected chi connectivity index (χ2v) is 6.33. The maximum absolute atomic E-state index is 6.00. The SMILES string of the molecule is Cc1ccc(Nc2cnnc(NCCc3cccc(Cl)c3)n2)cc1C. The number of benzene rings is 2. The standard InChI is InChI=1S/C19H20ClN5/c1-13-6-7-17(10-14(13)2)23-18-12-22-25-19(24-18)21-9-8-15-4-3-5-16(20)11-15/h3-7,10-12H,8-9H2,1-2H3,(H2,21,23,24,25). The summed E-state index contributed by atoms with van der Waals surface area (Å²) in [5, 5.41) is 15.2. The average Bonchev–Trinajstić information content (AvgIpc) is 2.59. The molecular weight excluding hydrogens is 334 g/mol. The summed E-state index contributed by atoms with van der Waals surface area (Å²) < 4.78 is 0. The molecule has 0 aliphatic rings. The first-order valence-corrected chi connectivity index (χ1v) is 8.50. The topological polar surface area (TPSA) is 62.7 Å². The first-order valence-electron chi connectivity index (χ1n) is 8.12. The monoisotopic (exact) mass is 353 g/mol. The molecule has 2 N–H and O–H groups in total. The van der Waals surface area contributed by atoms with Gasteiger partial charge in [0.2, 0.25) is 5.95 Å². The van der Waals surface area contributed by atoms with Gasteiger partial charge < -0.3 is 10.6 Å². The number of aromatic nitrogens is 3. The van der Waals surface area contributed by atoms with Crippen molar-refractivity contribution in [2.45, 2.75) is 20.3 Å². The number of halogens is 1. The molecule has 0 aliphatic carbocycles. The molecule has 0 aliphatic heterocycles. The van der Waals surface area contributed by atoms with Gasteiger partial charge in [0.15, 0.2) is 5.82 Å². The Kier molecular flexibility index (Phi) is 5.46. The Morgan fingerprint density at radius 1 is 1.04 bits per heavy atom. The molecule has 0 fully saturated rings. The van der Waals surface area contributed by atoms with Gasteiger partial charge in [-0.3, -0.25) is 0 Å². The first kappa shape index (κ1) is 17.2. The molecule has 2 aromatic carbocycles. The van der Waals surface area contributed by atoms with Gasteiger partial charge >= 0.3 is 0 Å². The van der Waals surface area contributed by atoms with E-state index in [9.17, 15) is 0 Å². The van der Waals surface area contributed by atoms with Crippen LogP contribution in [0.25, 0.3) is 0 Å². The normalized spacial score (nSPS) is 10.5. The molecule has 1 aromatic heterocycles. The molecule has 0 spiro atoms. The van der Waals surface area contributed by atoms with Crippen LogP contribution in [0.2, 0.25) is 5.02 Å². The Bertz CT molecular complexity index is 866. The van der Waals surface area contributed by atoms with Crippen molar-refractivity contribution in [1.82, 2.24) is 15.2 Å². The maximum atomic E-state index is 6.00. The van der Waals surface area contributed by atoms with Crippen LogP contribution in [0.1, 0.15) is 16.7 Å². The highest BCUT2D eigenvalue weighted by molar-refractivity contribution is 6.30. The quantitative estimate of drug-likeness (QED) is 0.681. The molecule has 0 saturated heterocycles. The summed E-state index contributed by atoms with van der Waals surface area (Å²) in [4.78, 5) is 4.45. The third-order valence-corrected chi connectivity index (χ3v) is 4.16. The van der Waals surface area contributed by atoms with E-state index in [0.29, 0.717) is 18.3 Å². The van der Waals surface area contributed by atoms with E-state index in [1.54, 1.807) is 6.20 Å². The van der Waals surface area contributed by atoms with Crippen LogP contribution in [0.5, 0.6) is 0 Å². The fourth-order valence-electron chi connectivity index (χ4n) is 2.42. The number of hydrogen-bond acceptors (Lipinski definition) is 5. The Morgan fingerprint density at radius 3 is 2.72 bits per heavy atom. The van der Waals surface area contributed by atoms with Crippen molar-refractivity contribution in [3.05, 3.63) is 70.4 Å². The van der Waals surface area contributed by atoms with Crippen molar-refractivity contribution in [1.29, 1.82) is 0 Å². The third-order valence-electron chi connectivity index (χ3n) is 3.92. The van der Waals surface area contributed by atoms with Crippen molar-refractivity contribution in [2.75, 3.05) is 17.2 Å². The lowest BCUT2D eigenvalue weighted by atomic mass is 10.1. The van der Waals surface area contributed by atoms with E-state index in [0.717, 1.165) is 22.7 Å². The Hall–Kier alpha value is -2.66. The minimum Gasteiger partial charge on any atom is -0.353 e. The third kappa shape index (κ3) is 4.90. The van der Waals surface area contributed by atoms with Crippen molar-refractivity contribution in [3.63, 3.8) is 0 Å². The van der Waals surface area contributed by atoms with E-state index in [4.69, 9.17) is 11.6 Å². The van der Waals surface area contributed by atoms with Crippen LogP contribution in [0, 0.1) is 13.8 Å². The van der Waals surface area contributed by atoms with Crippen LogP contribution in [0.4, 0.5) is 17.5 Å². The Balaban J connectivity index is 1.60. The maximum Gasteiger partial charge on any atom is 0.244 e. The zero-order chi connectivity index (χ0) is 17.6. The van der Waals surface area contributed by atoms with Crippen LogP contribution in [0.3, 0.4) is 0 Å². The molecule has 5 nitrogen and oxygen atoms in total. The van der Waals surface area contributed by atoms with Crippen LogP contribution >= 0.6 is 11.6 Å². The number of nitrogens with zero attached hydrogens (tertiary/aromatic N) is 3. The van der Waals surface area contributed by atoms with E-state index in [-0.39, 0.29) is 0 Å². The number of aryl methyl sites for hydroxylation is 2. The lowest BCUT2D eigenvalue weighted by Crippen LogP contribution is -2.09. The van der Waals surface area contributed by atoms with Gasteiger partial charge in [0.25, 0.3) is 0 Å². The summed E-state index contributed by atoms with van der Waals surface area (Å²) >= 11 is 6.00. The smallest absolute Gasteiger partial charge is 0.244 e. The van der Waals surface area contributed by atoms with Crippen LogP contribution < -0.4 is 10.6 Å². The fraction of sp³-hybridized carbons (Fsp3) is 0.211. The zero-order valence-electron chi connectivity index (χ0n) is 14.3. The van der Waals surface area contributed by atoms with Gasteiger partial charge in [0.05, 0.1) is 6.20 Å². The molecule has 0 radical (unpaired) electrons. The molecule has 0 atom stereocenters. The van der Waals surface area contributed by atoms with Gasteiger partial charge in [0, 0.05) is 17.3 Å². The van der Waals surface area contributed by atoms with Crippen molar-refractivity contribution < 1.29 is 0 Å². The Morgan fingerprint density at radius 2 is 1.92 bits per heavy atom. The second-order valence-electron chi connectivity index (χ2n) is 5.90. The summed E-state index contributed by atoms with van der Waals surface area (Å²) in [5.41, 5.74) is 4.63. The fourth-order valence-corrected chi connectivity index (χ4v) is 2.63. The molecule has 0 bridgehead atoms. The number of rotatable bonds is 6. The summed E-state index contributed by atoms with van der Waals surface area (Å²) in [6.45, 7) is 4.88. The summed E-state index contributed by atoms with van der Waals surface area (Å²) in [6, 6.07) is 14.0. The molecule has 1 heterocycles. The summed E-state index contributed by atoms with van der Waals surface area (Å²) in [5.74, 6) is 1.15. The first-order chi connectivity index (χ1) is 12.1. The van der Waals surface area contributed by atoms with Gasteiger partial charge in [-0.25, -0.2) is 0 Å². The average molecular weight is 354 g/mol. The highest BCUT2D eigenvalue weighted by Crippen LogP contribution is 2.18. The van der Waals surface area contributed by atoms with E-state index in [1.165, 1.54) is 11.1 Å². The van der Waals surface area contributed by atoms with Crippen molar-refractivity contribution in [2.24, 2.45) is 0 Å². The van der Waals surface area contributed by atoms with Crippen molar-refractivity contribution >= 4 is 29.1 Å². The van der Waals surface area contributed by atoms with Crippen LogP contribution in [-0.2, 0) is 6.42 Å². The molecule has 6 heteroatoms. The van der Waals surface area contributed by atoms with E-state index in [1.807, 2.05) is 30.3 Å². The highest BCUT2D eigenvalue weighted by atomic mass is 35.5. The van der Waals surface area contributed by atoms with Crippen molar-refractivity contribution in [3.8, 4) is 0 Å². The molecule has 3 rings (SSSR count). The largest absolute Gasteiger partial charge is 0.353 e. The van der Waals surface area contributed by atoms with Gasteiger partial charge in [-0.15, -0.1) is 5.10 Å². The van der Waals surface area contributed by atoms with Gasteiger partial charge in [-0.05, 0) is 61.2 Å². The minimum atomic E-state index is 0.496. The second kappa shape index (κ2) is 7.94. The zero-order valence-corrected chi connectivity index (χ0v) is 15.0. The summed E-state index contributed by atoms with van der Waals surface area (Å²) in [7, 11) is 0. The molecule has 128 valence electrons. The number of hydrogen-bond donors (Lipinski definition) is 2. The van der Waals surface area contributed by atoms with E-state index in [2.05, 4.69) is 51.8 Å². The number of anilines is 3. The molecule has 3 aromatic rings. The number of nitrogens with one attached hydrogen (secondary N) is 2. The van der Waals surface area contributed by atoms with Gasteiger partial charge in [-0.2, -0.15) is 10.1 Å². The molecule has 25 heavy (non-hydrogen) atoms. The van der Waals surface area contributed by atoms with Gasteiger partial charge in [-0.1, -0.05) is 29.8 Å². The molecular formula is C19H20ClN5. The van der Waals surface area contributed by atoms with E-state index >= 15 is 0 Å². The summed E-state index contributed by atoms with van der Waals surface area (Å²) in [6.07, 6.45) is 2.44. The highest BCUT2D eigenvalue weighted by Gasteiger charge is 2.03. The predicted octanol–water partition coefficient (Wildman–Crippen LogP) is 4.54. The lowest BCUT2D eigenvalue weighted by Gasteiger charge is -2.09. The van der Waals surface area contributed by atoms with Crippen LogP contribution in [-0.4, -0.2) is 21.7 Å². The van der Waals surface area contributed by atoms with Gasteiger partial charge in [0.1, 0.15) is 0 Å². The lowest BCUT2D eigenvalue weighted by molar-refractivity contribution is 0.929. The molecule has 0 unspecified atom stereocenters. The van der Waals surface area contributed by atoms with Crippen LogP contribution in [0.15, 0.2) is 48.7 Å². The minimum absolute atomic E-state index is 0.496. The predicted molar refractivity (Wildman–Crippen MR) is 103 cm³/mol. The Labute approximate surface area is 152 Å². The molecule has 0 amide bonds.